The van der Waals surface area contributed by atoms with Crippen LogP contribution in [0.1, 0.15) is 23.1 Å². The number of furan rings is 1. The molecule has 2 aromatic carbocycles. The lowest BCUT2D eigenvalue weighted by molar-refractivity contribution is -0.132. The lowest BCUT2D eigenvalue weighted by Crippen LogP contribution is -2.29. The second kappa shape index (κ2) is 7.72. The van der Waals surface area contributed by atoms with E-state index in [1.54, 1.807) is 55.5 Å². The summed E-state index contributed by atoms with van der Waals surface area (Å²) in [6.45, 7) is 1.77. The van der Waals surface area contributed by atoms with E-state index in [4.69, 9.17) is 20.8 Å². The van der Waals surface area contributed by atoms with Gasteiger partial charge in [-0.25, -0.2) is 0 Å². The molecule has 1 aromatic heterocycles. The Morgan fingerprint density at radius 2 is 1.83 bits per heavy atom. The average Bonchev–Trinajstić information content (AvgIpc) is 3.29. The van der Waals surface area contributed by atoms with Crippen LogP contribution < -0.4 is 9.64 Å². The summed E-state index contributed by atoms with van der Waals surface area (Å²) in [6.07, 6.45) is 0. The highest BCUT2D eigenvalue weighted by Crippen LogP contribution is 2.43. The van der Waals surface area contributed by atoms with Crippen molar-refractivity contribution < 1.29 is 23.8 Å². The smallest absolute Gasteiger partial charge is 0.300 e. The Labute approximate surface area is 177 Å². The minimum Gasteiger partial charge on any atom is -0.507 e. The molecular weight excluding hydrogens is 406 g/mol. The lowest BCUT2D eigenvalue weighted by Gasteiger charge is -2.23. The molecule has 0 radical (unpaired) electrons. The number of hydrogen-bond acceptors (Lipinski definition) is 5. The van der Waals surface area contributed by atoms with E-state index < -0.39 is 17.7 Å². The van der Waals surface area contributed by atoms with Gasteiger partial charge >= 0.3 is 0 Å². The minimum absolute atomic E-state index is 0.0671. The van der Waals surface area contributed by atoms with Gasteiger partial charge in [-0.1, -0.05) is 29.8 Å². The van der Waals surface area contributed by atoms with Crippen LogP contribution in [0.4, 0.5) is 5.69 Å². The van der Waals surface area contributed by atoms with Crippen LogP contribution in [0.5, 0.6) is 5.75 Å². The van der Waals surface area contributed by atoms with Crippen LogP contribution in [0, 0.1) is 6.92 Å². The molecule has 1 amide bonds. The zero-order valence-corrected chi connectivity index (χ0v) is 17.0. The minimum atomic E-state index is -0.914. The number of para-hydroxylation sites is 1. The first-order valence-electron chi connectivity index (χ1n) is 9.18. The second-order valence-electron chi connectivity index (χ2n) is 6.80. The number of carbonyl (C=O) groups is 2. The Morgan fingerprint density at radius 3 is 2.47 bits per heavy atom. The number of amides is 1. The van der Waals surface area contributed by atoms with Gasteiger partial charge in [-0.15, -0.1) is 0 Å². The van der Waals surface area contributed by atoms with E-state index in [0.717, 1.165) is 0 Å². The molecule has 1 saturated heterocycles. The molecule has 1 fully saturated rings. The van der Waals surface area contributed by atoms with Gasteiger partial charge in [0, 0.05) is 11.3 Å². The number of Topliss-reactive ketones (excluding diaryl/α,β-unsaturated/α-hetero) is 1. The number of anilines is 1. The normalized spacial score (nSPS) is 18.1. The summed E-state index contributed by atoms with van der Waals surface area (Å²) in [5.41, 5.74) is 0.754. The zero-order valence-electron chi connectivity index (χ0n) is 16.3. The van der Waals surface area contributed by atoms with Gasteiger partial charge in [0.05, 0.1) is 17.7 Å². The van der Waals surface area contributed by atoms with E-state index in [1.807, 2.05) is 6.07 Å². The molecule has 6 nitrogen and oxygen atoms in total. The van der Waals surface area contributed by atoms with Gasteiger partial charge in [0.1, 0.15) is 29.1 Å². The number of halogens is 1. The quantitative estimate of drug-likeness (QED) is 0.367. The Bertz CT molecular complexity index is 1170. The molecular formula is C23H18ClNO5. The first-order chi connectivity index (χ1) is 14.4. The highest BCUT2D eigenvalue weighted by molar-refractivity contribution is 6.51. The maximum Gasteiger partial charge on any atom is 0.300 e. The van der Waals surface area contributed by atoms with Gasteiger partial charge in [0.2, 0.25) is 0 Å². The van der Waals surface area contributed by atoms with Crippen molar-refractivity contribution >= 4 is 34.7 Å². The van der Waals surface area contributed by atoms with E-state index in [9.17, 15) is 14.7 Å². The first kappa shape index (κ1) is 19.8. The molecule has 3 aromatic rings. The van der Waals surface area contributed by atoms with Gasteiger partial charge in [-0.2, -0.15) is 0 Å². The Hall–Kier alpha value is -3.51. The van der Waals surface area contributed by atoms with Crippen molar-refractivity contribution in [1.82, 2.24) is 0 Å². The maximum atomic E-state index is 13.0. The largest absolute Gasteiger partial charge is 0.507 e. The van der Waals surface area contributed by atoms with Gasteiger partial charge in [-0.05, 0) is 49.4 Å². The number of rotatable bonds is 4. The Kier molecular flexibility index (Phi) is 5.10. The molecule has 2 heterocycles. The molecule has 1 aliphatic rings. The number of benzene rings is 2. The molecule has 1 aliphatic heterocycles. The summed E-state index contributed by atoms with van der Waals surface area (Å²) in [5.74, 6) is -0.550. The van der Waals surface area contributed by atoms with E-state index in [-0.39, 0.29) is 11.3 Å². The molecule has 152 valence electrons. The molecule has 1 atom stereocenters. The molecule has 30 heavy (non-hydrogen) atoms. The molecule has 1 N–H and O–H groups in total. The average molecular weight is 424 g/mol. The van der Waals surface area contributed by atoms with Gasteiger partial charge < -0.3 is 14.3 Å². The van der Waals surface area contributed by atoms with Crippen LogP contribution in [-0.2, 0) is 9.59 Å². The lowest BCUT2D eigenvalue weighted by atomic mass is 9.99. The van der Waals surface area contributed by atoms with E-state index in [2.05, 4.69) is 0 Å². The predicted molar refractivity (Wildman–Crippen MR) is 113 cm³/mol. The summed E-state index contributed by atoms with van der Waals surface area (Å²) in [4.78, 5) is 27.3. The summed E-state index contributed by atoms with van der Waals surface area (Å²) in [7, 11) is 1.45. The predicted octanol–water partition coefficient (Wildman–Crippen LogP) is 4.88. The zero-order chi connectivity index (χ0) is 21.4. The Morgan fingerprint density at radius 1 is 1.10 bits per heavy atom. The van der Waals surface area contributed by atoms with Crippen molar-refractivity contribution in [1.29, 1.82) is 0 Å². The van der Waals surface area contributed by atoms with Gasteiger partial charge in [0.25, 0.3) is 11.7 Å². The number of aryl methyl sites for hydroxylation is 1. The fourth-order valence-electron chi connectivity index (χ4n) is 3.52. The number of methoxy groups -OCH3 is 1. The van der Waals surface area contributed by atoms with Crippen molar-refractivity contribution in [2.45, 2.75) is 13.0 Å². The van der Waals surface area contributed by atoms with E-state index >= 15 is 0 Å². The summed E-state index contributed by atoms with van der Waals surface area (Å²) >= 11 is 6.08. The molecule has 0 aliphatic carbocycles. The molecule has 1 unspecified atom stereocenters. The fraction of sp³-hybridized carbons (Fsp3) is 0.130. The molecule has 0 saturated carbocycles. The number of carbonyl (C=O) groups excluding carboxylic acids is 2. The highest BCUT2D eigenvalue weighted by Gasteiger charge is 2.48. The first-order valence-corrected chi connectivity index (χ1v) is 9.56. The van der Waals surface area contributed by atoms with Crippen LogP contribution in [0.2, 0.25) is 5.02 Å². The number of nitrogens with zero attached hydrogens (tertiary/aromatic N) is 1. The van der Waals surface area contributed by atoms with Gasteiger partial charge in [-0.3, -0.25) is 14.5 Å². The fourth-order valence-corrected chi connectivity index (χ4v) is 3.71. The number of ketones is 1. The van der Waals surface area contributed by atoms with Crippen LogP contribution in [-0.4, -0.2) is 23.9 Å². The molecule has 7 heteroatoms. The standard InChI is InChI=1S/C23H18ClNO5/c1-13-8-11-17(30-13)20-19(21(26)14-9-10-16(24)18(12-14)29-2)22(27)23(28)25(20)15-6-4-3-5-7-15/h3-12,20,26H,1-2H3/b21-19-. The number of ether oxygens (including phenoxy) is 1. The number of aliphatic hydroxyl groups excluding tert-OH is 1. The number of aliphatic hydroxyl groups is 1. The van der Waals surface area contributed by atoms with Crippen molar-refractivity contribution in [3.8, 4) is 5.75 Å². The number of hydrogen-bond donors (Lipinski definition) is 1. The van der Waals surface area contributed by atoms with Gasteiger partial charge in [0.15, 0.2) is 0 Å². The van der Waals surface area contributed by atoms with Crippen LogP contribution in [0.25, 0.3) is 5.76 Å². The second-order valence-corrected chi connectivity index (χ2v) is 7.21. The molecule has 4 rings (SSSR count). The van der Waals surface area contributed by atoms with Crippen molar-refractivity contribution in [3.05, 3.63) is 88.3 Å². The van der Waals surface area contributed by atoms with E-state index in [1.165, 1.54) is 18.1 Å². The SMILES string of the molecule is COc1cc(/C(O)=C2/C(=O)C(=O)N(c3ccccc3)C2c2ccc(C)o2)ccc1Cl. The van der Waals surface area contributed by atoms with Crippen LogP contribution >= 0.6 is 11.6 Å². The molecule has 0 bridgehead atoms. The topological polar surface area (TPSA) is 80.0 Å². The Balaban J connectivity index is 1.94. The highest BCUT2D eigenvalue weighted by atomic mass is 35.5. The van der Waals surface area contributed by atoms with Crippen molar-refractivity contribution in [2.75, 3.05) is 12.0 Å². The monoisotopic (exact) mass is 423 g/mol. The third-order valence-corrected chi connectivity index (χ3v) is 5.25. The molecule has 0 spiro atoms. The summed E-state index contributed by atoms with van der Waals surface area (Å²) in [6, 6.07) is 15.9. The maximum absolute atomic E-state index is 13.0. The summed E-state index contributed by atoms with van der Waals surface area (Å²) < 4.78 is 11.0. The van der Waals surface area contributed by atoms with Crippen molar-refractivity contribution in [2.24, 2.45) is 0 Å². The van der Waals surface area contributed by atoms with Crippen LogP contribution in [0.3, 0.4) is 0 Å². The third kappa shape index (κ3) is 3.25. The van der Waals surface area contributed by atoms with Crippen molar-refractivity contribution in [3.63, 3.8) is 0 Å². The summed E-state index contributed by atoms with van der Waals surface area (Å²) in [5, 5.41) is 11.4. The van der Waals surface area contributed by atoms with Crippen LogP contribution in [0.15, 0.2) is 70.7 Å². The van der Waals surface area contributed by atoms with E-state index in [0.29, 0.717) is 33.5 Å². The third-order valence-electron chi connectivity index (χ3n) is 4.93.